The quantitative estimate of drug-likeness (QED) is 0.616. The molecule has 2 aromatic rings. The van der Waals surface area contributed by atoms with Crippen LogP contribution in [0.4, 0.5) is 10.5 Å². The number of nitrogens with one attached hydrogen (secondary N) is 2. The summed E-state index contributed by atoms with van der Waals surface area (Å²) in [4.78, 5) is 33.2. The highest BCUT2D eigenvalue weighted by Crippen LogP contribution is 2.26. The van der Waals surface area contributed by atoms with E-state index in [-0.39, 0.29) is 12.3 Å². The molecular formula is C17H17N3O5. The Morgan fingerprint density at radius 1 is 1.16 bits per heavy atom. The number of nitro benzene ring substituents is 1. The first-order valence-corrected chi connectivity index (χ1v) is 7.45. The smallest absolute Gasteiger partial charge is 0.321 e. The van der Waals surface area contributed by atoms with Crippen LogP contribution in [0.15, 0.2) is 48.5 Å². The number of non-ortho nitro benzene ring substituents is 1. The Balaban J connectivity index is 2.17. The zero-order valence-electron chi connectivity index (χ0n) is 13.5. The van der Waals surface area contributed by atoms with Gasteiger partial charge in [0, 0.05) is 31.2 Å². The first-order valence-electron chi connectivity index (χ1n) is 7.45. The zero-order chi connectivity index (χ0) is 18.2. The Kier molecular flexibility index (Phi) is 6.05. The second-order valence-electron chi connectivity index (χ2n) is 5.13. The predicted octanol–water partition coefficient (Wildman–Crippen LogP) is 2.02. The lowest BCUT2D eigenvalue weighted by atomic mass is 10.0. The maximum absolute atomic E-state index is 11.6. The van der Waals surface area contributed by atoms with Gasteiger partial charge in [-0.25, -0.2) is 4.79 Å². The third-order valence-corrected chi connectivity index (χ3v) is 3.33. The van der Waals surface area contributed by atoms with Crippen molar-refractivity contribution < 1.29 is 19.2 Å². The molecule has 0 saturated carbocycles. The number of hydrogen-bond acceptors (Lipinski definition) is 5. The van der Waals surface area contributed by atoms with Gasteiger partial charge in [0.05, 0.1) is 4.92 Å². The number of hydrogen-bond donors (Lipinski definition) is 2. The normalized spacial score (nSPS) is 9.96. The van der Waals surface area contributed by atoms with E-state index in [1.54, 1.807) is 0 Å². The fraction of sp³-hybridized carbons (Fsp3) is 0.176. The fourth-order valence-corrected chi connectivity index (χ4v) is 2.14. The maximum atomic E-state index is 11.6. The Bertz CT molecular complexity index is 777. The Hall–Kier alpha value is -3.42. The summed E-state index contributed by atoms with van der Waals surface area (Å²) in [6.07, 6.45) is 0.412. The lowest BCUT2D eigenvalue weighted by molar-refractivity contribution is -0.384. The van der Waals surface area contributed by atoms with E-state index in [1.165, 1.54) is 25.2 Å². The van der Waals surface area contributed by atoms with Crippen LogP contribution in [0.3, 0.4) is 0 Å². The molecule has 0 fully saturated rings. The van der Waals surface area contributed by atoms with E-state index in [1.807, 2.05) is 30.3 Å². The Morgan fingerprint density at radius 3 is 2.52 bits per heavy atom. The molecule has 3 amide bonds. The van der Waals surface area contributed by atoms with Crippen LogP contribution in [0.2, 0.25) is 0 Å². The molecule has 0 aromatic heterocycles. The number of urea groups is 1. The summed E-state index contributed by atoms with van der Waals surface area (Å²) in [5.41, 5.74) is 1.46. The summed E-state index contributed by atoms with van der Waals surface area (Å²) in [6, 6.07) is 12.9. The van der Waals surface area contributed by atoms with Crippen LogP contribution < -0.4 is 15.4 Å². The summed E-state index contributed by atoms with van der Waals surface area (Å²) >= 11 is 0. The molecule has 130 valence electrons. The molecule has 0 radical (unpaired) electrons. The van der Waals surface area contributed by atoms with Crippen LogP contribution in [0, 0.1) is 10.1 Å². The molecule has 0 bridgehead atoms. The van der Waals surface area contributed by atoms with Gasteiger partial charge in [-0.05, 0) is 11.6 Å². The molecule has 0 aliphatic rings. The minimum Gasteiger partial charge on any atom is -0.483 e. The van der Waals surface area contributed by atoms with Gasteiger partial charge < -0.3 is 10.1 Å². The molecule has 2 N–H and O–H groups in total. The number of nitrogens with zero attached hydrogens (tertiary/aromatic N) is 1. The van der Waals surface area contributed by atoms with Gasteiger partial charge in [-0.3, -0.25) is 20.2 Å². The van der Waals surface area contributed by atoms with Crippen LogP contribution in [0.1, 0.15) is 11.1 Å². The highest BCUT2D eigenvalue weighted by atomic mass is 16.6. The number of nitro groups is 1. The minimum absolute atomic E-state index is 0.0620. The third kappa shape index (κ3) is 5.31. The van der Waals surface area contributed by atoms with Gasteiger partial charge in [0.25, 0.3) is 11.6 Å². The number of benzene rings is 2. The summed E-state index contributed by atoms with van der Waals surface area (Å²) in [7, 11) is 1.39. The summed E-state index contributed by atoms with van der Waals surface area (Å²) in [5, 5.41) is 15.3. The SMILES string of the molecule is CNC(=O)NC(=O)COc1ccc([N+](=O)[O-])cc1Cc1ccccc1. The molecule has 0 unspecified atom stereocenters. The Morgan fingerprint density at radius 2 is 1.88 bits per heavy atom. The zero-order valence-corrected chi connectivity index (χ0v) is 13.5. The highest BCUT2D eigenvalue weighted by molar-refractivity contribution is 5.94. The van der Waals surface area contributed by atoms with Crippen molar-refractivity contribution in [2.75, 3.05) is 13.7 Å². The van der Waals surface area contributed by atoms with Gasteiger partial charge in [0.1, 0.15) is 5.75 Å². The molecule has 0 aliphatic carbocycles. The van der Waals surface area contributed by atoms with E-state index < -0.39 is 16.9 Å². The van der Waals surface area contributed by atoms with Gasteiger partial charge >= 0.3 is 6.03 Å². The number of carbonyl (C=O) groups is 2. The minimum atomic E-state index is -0.637. The van der Waals surface area contributed by atoms with Crippen LogP contribution >= 0.6 is 0 Å². The topological polar surface area (TPSA) is 111 Å². The van der Waals surface area contributed by atoms with Crippen molar-refractivity contribution in [2.24, 2.45) is 0 Å². The fourth-order valence-electron chi connectivity index (χ4n) is 2.14. The number of rotatable bonds is 6. The first-order chi connectivity index (χ1) is 12.0. The van der Waals surface area contributed by atoms with E-state index in [0.717, 1.165) is 5.56 Å². The second kappa shape index (κ2) is 8.44. The van der Waals surface area contributed by atoms with Gasteiger partial charge in [-0.1, -0.05) is 30.3 Å². The van der Waals surface area contributed by atoms with Gasteiger partial charge in [-0.15, -0.1) is 0 Å². The standard InChI is InChI=1S/C17H17N3O5/c1-18-17(22)19-16(21)11-25-15-8-7-14(20(23)24)10-13(15)9-12-5-3-2-4-6-12/h2-8,10H,9,11H2,1H3,(H2,18,19,21,22). The first kappa shape index (κ1) is 17.9. The lowest BCUT2D eigenvalue weighted by Crippen LogP contribution is -2.40. The highest BCUT2D eigenvalue weighted by Gasteiger charge is 2.14. The average molecular weight is 343 g/mol. The van der Waals surface area contributed by atoms with E-state index in [9.17, 15) is 19.7 Å². The van der Waals surface area contributed by atoms with E-state index in [2.05, 4.69) is 10.6 Å². The number of ether oxygens (including phenoxy) is 1. The van der Waals surface area contributed by atoms with Crippen LogP contribution in [0.5, 0.6) is 5.75 Å². The van der Waals surface area contributed by atoms with E-state index >= 15 is 0 Å². The predicted molar refractivity (Wildman–Crippen MR) is 90.4 cm³/mol. The third-order valence-electron chi connectivity index (χ3n) is 3.33. The molecule has 8 heteroatoms. The van der Waals surface area contributed by atoms with Crippen molar-refractivity contribution in [3.05, 3.63) is 69.8 Å². The van der Waals surface area contributed by atoms with Crippen molar-refractivity contribution in [1.82, 2.24) is 10.6 Å². The number of carbonyl (C=O) groups excluding carboxylic acids is 2. The molecule has 2 aromatic carbocycles. The van der Waals surface area contributed by atoms with Crippen molar-refractivity contribution in [3.63, 3.8) is 0 Å². The monoisotopic (exact) mass is 343 g/mol. The molecule has 0 saturated heterocycles. The number of amides is 3. The average Bonchev–Trinajstić information content (AvgIpc) is 2.61. The molecule has 0 spiro atoms. The van der Waals surface area contributed by atoms with Crippen LogP contribution in [-0.2, 0) is 11.2 Å². The largest absolute Gasteiger partial charge is 0.483 e. The van der Waals surface area contributed by atoms with Crippen molar-refractivity contribution in [1.29, 1.82) is 0 Å². The molecular weight excluding hydrogens is 326 g/mol. The molecule has 25 heavy (non-hydrogen) atoms. The van der Waals surface area contributed by atoms with E-state index in [4.69, 9.17) is 4.74 Å². The summed E-state index contributed by atoms with van der Waals surface area (Å²) in [5.74, 6) is -0.273. The van der Waals surface area contributed by atoms with Gasteiger partial charge in [-0.2, -0.15) is 0 Å². The maximum Gasteiger partial charge on any atom is 0.321 e. The molecule has 0 aliphatic heterocycles. The van der Waals surface area contributed by atoms with Crippen LogP contribution in [0.25, 0.3) is 0 Å². The number of imide groups is 1. The second-order valence-corrected chi connectivity index (χ2v) is 5.13. The van der Waals surface area contributed by atoms with Crippen molar-refractivity contribution >= 4 is 17.6 Å². The van der Waals surface area contributed by atoms with Crippen molar-refractivity contribution in [3.8, 4) is 5.75 Å². The Labute approximate surface area is 144 Å². The van der Waals surface area contributed by atoms with Gasteiger partial charge in [0.2, 0.25) is 0 Å². The van der Waals surface area contributed by atoms with Gasteiger partial charge in [0.15, 0.2) is 6.61 Å². The summed E-state index contributed by atoms with van der Waals surface area (Å²) in [6.45, 7) is -0.382. The molecule has 8 nitrogen and oxygen atoms in total. The lowest BCUT2D eigenvalue weighted by Gasteiger charge is -2.11. The van der Waals surface area contributed by atoms with E-state index in [0.29, 0.717) is 17.7 Å². The molecule has 0 heterocycles. The molecule has 0 atom stereocenters. The van der Waals surface area contributed by atoms with Crippen molar-refractivity contribution in [2.45, 2.75) is 6.42 Å². The van der Waals surface area contributed by atoms with Crippen LogP contribution in [-0.4, -0.2) is 30.5 Å². The summed E-state index contributed by atoms with van der Waals surface area (Å²) < 4.78 is 5.44. The molecule has 2 rings (SSSR count).